The van der Waals surface area contributed by atoms with E-state index < -0.39 is 5.97 Å². The average Bonchev–Trinajstić information content (AvgIpc) is 2.93. The van der Waals surface area contributed by atoms with Crippen LogP contribution in [0.3, 0.4) is 0 Å². The number of aromatic nitrogens is 2. The number of benzene rings is 1. The standard InChI is InChI=1S/C14H11ClN2O2/c1-17-11(5-6-12(17)14(18)19)8-7-16-10-4-2-3-9(15)13(8)10/h2-7,16H,1H3,(H,18,19). The van der Waals surface area contributed by atoms with Crippen LogP contribution in [0, 0.1) is 0 Å². The first-order chi connectivity index (χ1) is 9.09. The lowest BCUT2D eigenvalue weighted by atomic mass is 10.1. The highest BCUT2D eigenvalue weighted by atomic mass is 35.5. The number of aromatic carboxylic acids is 1. The van der Waals surface area contributed by atoms with Gasteiger partial charge >= 0.3 is 5.97 Å². The van der Waals surface area contributed by atoms with Crippen LogP contribution in [0.25, 0.3) is 22.2 Å². The van der Waals surface area contributed by atoms with Crippen molar-refractivity contribution in [3.8, 4) is 11.3 Å². The maximum absolute atomic E-state index is 11.1. The fourth-order valence-corrected chi connectivity index (χ4v) is 2.62. The van der Waals surface area contributed by atoms with Gasteiger partial charge in [0.15, 0.2) is 0 Å². The molecule has 0 atom stereocenters. The van der Waals surface area contributed by atoms with E-state index in [2.05, 4.69) is 4.98 Å². The Morgan fingerprint density at radius 2 is 2.11 bits per heavy atom. The number of hydrogen-bond acceptors (Lipinski definition) is 1. The summed E-state index contributed by atoms with van der Waals surface area (Å²) >= 11 is 6.23. The summed E-state index contributed by atoms with van der Waals surface area (Å²) in [6, 6.07) is 9.01. The monoisotopic (exact) mass is 274 g/mol. The molecule has 3 rings (SSSR count). The van der Waals surface area contributed by atoms with Gasteiger partial charge < -0.3 is 14.7 Å². The molecule has 0 amide bonds. The molecule has 2 N–H and O–H groups in total. The van der Waals surface area contributed by atoms with Gasteiger partial charge in [0, 0.05) is 29.7 Å². The predicted molar refractivity (Wildman–Crippen MR) is 74.7 cm³/mol. The summed E-state index contributed by atoms with van der Waals surface area (Å²) < 4.78 is 1.65. The van der Waals surface area contributed by atoms with Crippen molar-refractivity contribution < 1.29 is 9.90 Å². The quantitative estimate of drug-likeness (QED) is 0.751. The third-order valence-corrected chi connectivity index (χ3v) is 3.59. The fourth-order valence-electron chi connectivity index (χ4n) is 2.34. The molecule has 0 fully saturated rings. The second-order valence-electron chi connectivity index (χ2n) is 4.33. The Morgan fingerprint density at radius 1 is 1.32 bits per heavy atom. The Morgan fingerprint density at radius 3 is 2.79 bits per heavy atom. The van der Waals surface area contributed by atoms with Gasteiger partial charge in [0.1, 0.15) is 5.69 Å². The Bertz CT molecular complexity index is 786. The van der Waals surface area contributed by atoms with Gasteiger partial charge in [-0.15, -0.1) is 0 Å². The number of H-pyrrole nitrogens is 1. The Hall–Kier alpha value is -2.20. The number of halogens is 1. The lowest BCUT2D eigenvalue weighted by Gasteiger charge is -2.05. The van der Waals surface area contributed by atoms with E-state index in [0.717, 1.165) is 22.2 Å². The van der Waals surface area contributed by atoms with Crippen molar-refractivity contribution in [2.24, 2.45) is 7.05 Å². The number of nitrogens with zero attached hydrogens (tertiary/aromatic N) is 1. The average molecular weight is 275 g/mol. The molecule has 0 saturated carbocycles. The first kappa shape index (κ1) is 11.9. The van der Waals surface area contributed by atoms with Crippen molar-refractivity contribution >= 4 is 28.5 Å². The van der Waals surface area contributed by atoms with Crippen LogP contribution in [-0.2, 0) is 7.05 Å². The van der Waals surface area contributed by atoms with Gasteiger partial charge in [-0.25, -0.2) is 4.79 Å². The van der Waals surface area contributed by atoms with Crippen molar-refractivity contribution in [1.82, 2.24) is 9.55 Å². The largest absolute Gasteiger partial charge is 0.477 e. The van der Waals surface area contributed by atoms with Gasteiger partial charge in [-0.1, -0.05) is 17.7 Å². The van der Waals surface area contributed by atoms with Crippen molar-refractivity contribution in [1.29, 1.82) is 0 Å². The van der Waals surface area contributed by atoms with Crippen LogP contribution in [-0.4, -0.2) is 20.6 Å². The van der Waals surface area contributed by atoms with Gasteiger partial charge in [0.25, 0.3) is 0 Å². The van der Waals surface area contributed by atoms with Crippen LogP contribution < -0.4 is 0 Å². The van der Waals surface area contributed by atoms with Crippen LogP contribution >= 0.6 is 11.6 Å². The molecule has 1 aromatic carbocycles. The minimum atomic E-state index is -0.945. The van der Waals surface area contributed by atoms with E-state index in [-0.39, 0.29) is 5.69 Å². The van der Waals surface area contributed by atoms with E-state index in [1.165, 1.54) is 0 Å². The topological polar surface area (TPSA) is 58.0 Å². The molecular weight excluding hydrogens is 264 g/mol. The SMILES string of the molecule is Cn1c(C(=O)O)ccc1-c1c[nH]c2cccc(Cl)c12. The fraction of sp³-hybridized carbons (Fsp3) is 0.0714. The maximum Gasteiger partial charge on any atom is 0.352 e. The summed E-state index contributed by atoms with van der Waals surface area (Å²) in [6.07, 6.45) is 1.84. The van der Waals surface area contributed by atoms with Crippen LogP contribution in [0.15, 0.2) is 36.5 Å². The first-order valence-electron chi connectivity index (χ1n) is 5.74. The van der Waals surface area contributed by atoms with E-state index >= 15 is 0 Å². The van der Waals surface area contributed by atoms with Gasteiger partial charge in [-0.2, -0.15) is 0 Å². The highest BCUT2D eigenvalue weighted by molar-refractivity contribution is 6.36. The molecule has 3 aromatic rings. The number of carboxylic acid groups (broad SMARTS) is 1. The summed E-state index contributed by atoms with van der Waals surface area (Å²) in [5.74, 6) is -0.945. The minimum absolute atomic E-state index is 0.247. The lowest BCUT2D eigenvalue weighted by Crippen LogP contribution is -2.04. The normalized spacial score (nSPS) is 11.1. The second kappa shape index (κ2) is 4.17. The van der Waals surface area contributed by atoms with Crippen molar-refractivity contribution in [3.63, 3.8) is 0 Å². The molecule has 0 aliphatic heterocycles. The number of carboxylic acids is 1. The summed E-state index contributed by atoms with van der Waals surface area (Å²) in [6.45, 7) is 0. The number of rotatable bonds is 2. The van der Waals surface area contributed by atoms with Crippen LogP contribution in [0.2, 0.25) is 5.02 Å². The van der Waals surface area contributed by atoms with E-state index in [4.69, 9.17) is 16.7 Å². The molecule has 4 nitrogen and oxygen atoms in total. The molecule has 2 heterocycles. The zero-order valence-electron chi connectivity index (χ0n) is 10.1. The molecule has 0 saturated heterocycles. The number of nitrogens with one attached hydrogen (secondary N) is 1. The van der Waals surface area contributed by atoms with E-state index in [1.54, 1.807) is 23.7 Å². The number of hydrogen-bond donors (Lipinski definition) is 2. The molecule has 96 valence electrons. The third-order valence-electron chi connectivity index (χ3n) is 3.27. The van der Waals surface area contributed by atoms with E-state index in [0.29, 0.717) is 5.02 Å². The number of carbonyl (C=O) groups is 1. The Labute approximate surface area is 114 Å². The molecule has 0 bridgehead atoms. The molecular formula is C14H11ClN2O2. The first-order valence-corrected chi connectivity index (χ1v) is 6.12. The smallest absolute Gasteiger partial charge is 0.352 e. The van der Waals surface area contributed by atoms with Crippen molar-refractivity contribution in [3.05, 3.63) is 47.2 Å². The zero-order chi connectivity index (χ0) is 13.6. The van der Waals surface area contributed by atoms with Gasteiger partial charge in [-0.05, 0) is 24.3 Å². The molecule has 0 radical (unpaired) electrons. The lowest BCUT2D eigenvalue weighted by molar-refractivity contribution is 0.0687. The summed E-state index contributed by atoms with van der Waals surface area (Å²) in [5.41, 5.74) is 2.89. The summed E-state index contributed by atoms with van der Waals surface area (Å²) in [4.78, 5) is 14.2. The number of aromatic amines is 1. The summed E-state index contributed by atoms with van der Waals surface area (Å²) in [7, 11) is 1.73. The predicted octanol–water partition coefficient (Wildman–Crippen LogP) is 3.53. The molecule has 0 aliphatic carbocycles. The van der Waals surface area contributed by atoms with Crippen molar-refractivity contribution in [2.75, 3.05) is 0 Å². The highest BCUT2D eigenvalue weighted by Gasteiger charge is 2.16. The highest BCUT2D eigenvalue weighted by Crippen LogP contribution is 2.34. The molecule has 5 heteroatoms. The van der Waals surface area contributed by atoms with E-state index in [9.17, 15) is 4.79 Å². The van der Waals surface area contributed by atoms with Gasteiger partial charge in [-0.3, -0.25) is 0 Å². The third kappa shape index (κ3) is 1.72. The van der Waals surface area contributed by atoms with Crippen LogP contribution in [0.5, 0.6) is 0 Å². The van der Waals surface area contributed by atoms with Crippen LogP contribution in [0.1, 0.15) is 10.5 Å². The minimum Gasteiger partial charge on any atom is -0.477 e. The second-order valence-corrected chi connectivity index (χ2v) is 4.74. The number of fused-ring (bicyclic) bond motifs is 1. The van der Waals surface area contributed by atoms with Gasteiger partial charge in [0.2, 0.25) is 0 Å². The van der Waals surface area contributed by atoms with Crippen LogP contribution in [0.4, 0.5) is 0 Å². The molecule has 2 aromatic heterocycles. The molecule has 19 heavy (non-hydrogen) atoms. The molecule has 0 aliphatic rings. The van der Waals surface area contributed by atoms with Crippen molar-refractivity contribution in [2.45, 2.75) is 0 Å². The van der Waals surface area contributed by atoms with Gasteiger partial charge in [0.05, 0.1) is 10.7 Å². The Kier molecular flexibility index (Phi) is 2.61. The Balaban J connectivity index is 2.28. The van der Waals surface area contributed by atoms with E-state index in [1.807, 2.05) is 24.4 Å². The zero-order valence-corrected chi connectivity index (χ0v) is 10.9. The summed E-state index contributed by atoms with van der Waals surface area (Å²) in [5, 5.41) is 10.6. The molecule has 0 spiro atoms. The molecule has 0 unspecified atom stereocenters. The maximum atomic E-state index is 11.1.